The molecule has 2 atom stereocenters. The van der Waals surface area contributed by atoms with Crippen LogP contribution in [0.15, 0.2) is 59.2 Å². The van der Waals surface area contributed by atoms with E-state index in [1.54, 1.807) is 0 Å². The van der Waals surface area contributed by atoms with Gasteiger partial charge in [-0.2, -0.15) is 0 Å². The molecule has 30 heavy (non-hydrogen) atoms. The molecule has 1 saturated heterocycles. The monoisotopic (exact) mass is 482 g/mol. The quantitative estimate of drug-likeness (QED) is 0.460. The summed E-state index contributed by atoms with van der Waals surface area (Å²) in [6, 6.07) is 17.0. The summed E-state index contributed by atoms with van der Waals surface area (Å²) in [4.78, 5) is 6.99. The summed E-state index contributed by atoms with van der Waals surface area (Å²) in [5.74, 6) is 0.504. The Kier molecular flexibility index (Phi) is 5.98. The highest BCUT2D eigenvalue weighted by Gasteiger charge is 2.41. The van der Waals surface area contributed by atoms with Crippen molar-refractivity contribution in [2.45, 2.75) is 39.8 Å². The summed E-state index contributed by atoms with van der Waals surface area (Å²) >= 11 is 9.32. The number of hydrogen-bond acceptors (Lipinski definition) is 2. The first-order chi connectivity index (χ1) is 14.4. The van der Waals surface area contributed by atoms with Gasteiger partial charge in [-0.1, -0.05) is 35.8 Å². The minimum Gasteiger partial charge on any atom is -0.352 e. The second-order valence-electron chi connectivity index (χ2n) is 8.31. The number of nitrogens with one attached hydrogen (secondary N) is 1. The van der Waals surface area contributed by atoms with E-state index in [9.17, 15) is 0 Å². The van der Waals surface area contributed by atoms with Gasteiger partial charge < -0.3 is 14.8 Å². The molecular formula is C24H27BrN4S. The maximum Gasteiger partial charge on any atom is 0.170 e. The topological polar surface area (TPSA) is 33.1 Å². The van der Waals surface area contributed by atoms with Crippen LogP contribution >= 0.6 is 28.1 Å². The summed E-state index contributed by atoms with van der Waals surface area (Å²) in [6.45, 7) is 9.75. The lowest BCUT2D eigenvalue weighted by Gasteiger charge is -2.29. The van der Waals surface area contributed by atoms with E-state index >= 15 is 0 Å². The number of halogens is 1. The van der Waals surface area contributed by atoms with Crippen LogP contribution in [0, 0.1) is 19.8 Å². The molecule has 0 radical (unpaired) electrons. The molecule has 1 fully saturated rings. The van der Waals surface area contributed by atoms with E-state index in [4.69, 9.17) is 12.2 Å². The van der Waals surface area contributed by atoms with E-state index in [0.717, 1.165) is 27.5 Å². The molecule has 4 nitrogen and oxygen atoms in total. The van der Waals surface area contributed by atoms with E-state index in [1.165, 1.54) is 17.0 Å². The SMILES string of the molecule is Cc1cc(C2C(c3ccccn3)NC(=S)N2CC(C)C)c(C)n1-c1ccc(Br)cc1. The lowest BCUT2D eigenvalue weighted by Crippen LogP contribution is -2.33. The Bertz CT molecular complexity index is 1040. The molecule has 0 amide bonds. The Morgan fingerprint density at radius 3 is 2.50 bits per heavy atom. The Hall–Kier alpha value is -2.18. The van der Waals surface area contributed by atoms with Gasteiger partial charge in [0.1, 0.15) is 0 Å². The van der Waals surface area contributed by atoms with Gasteiger partial charge in [-0.3, -0.25) is 4.98 Å². The first-order valence-corrected chi connectivity index (χ1v) is 11.5. The number of hydrogen-bond donors (Lipinski definition) is 1. The van der Waals surface area contributed by atoms with Gasteiger partial charge in [0.05, 0.1) is 17.8 Å². The highest BCUT2D eigenvalue weighted by Crippen LogP contribution is 2.41. The molecular weight excluding hydrogens is 456 g/mol. The molecule has 1 aromatic carbocycles. The number of pyridine rings is 1. The highest BCUT2D eigenvalue weighted by molar-refractivity contribution is 9.10. The van der Waals surface area contributed by atoms with E-state index in [2.05, 4.69) is 99.8 Å². The van der Waals surface area contributed by atoms with Crippen molar-refractivity contribution in [3.05, 3.63) is 81.8 Å². The Labute approximate surface area is 192 Å². The van der Waals surface area contributed by atoms with Crippen LogP contribution in [0.25, 0.3) is 5.69 Å². The molecule has 0 spiro atoms. The zero-order valence-electron chi connectivity index (χ0n) is 17.8. The second kappa shape index (κ2) is 8.52. The van der Waals surface area contributed by atoms with E-state index < -0.39 is 0 Å². The third kappa shape index (κ3) is 3.91. The lowest BCUT2D eigenvalue weighted by atomic mass is 9.96. The smallest absolute Gasteiger partial charge is 0.170 e. The van der Waals surface area contributed by atoms with E-state index in [0.29, 0.717) is 5.92 Å². The molecule has 156 valence electrons. The number of aromatic nitrogens is 2. The Morgan fingerprint density at radius 1 is 1.13 bits per heavy atom. The number of benzene rings is 1. The zero-order valence-corrected chi connectivity index (χ0v) is 20.2. The fraction of sp³-hybridized carbons (Fsp3) is 0.333. The molecule has 2 aromatic heterocycles. The molecule has 1 N–H and O–H groups in total. The lowest BCUT2D eigenvalue weighted by molar-refractivity contribution is 0.287. The van der Waals surface area contributed by atoms with E-state index in [1.807, 2.05) is 18.3 Å². The molecule has 0 bridgehead atoms. The summed E-state index contributed by atoms with van der Waals surface area (Å²) in [5.41, 5.74) is 5.93. The van der Waals surface area contributed by atoms with Crippen molar-refractivity contribution >= 4 is 33.3 Å². The molecule has 1 aliphatic heterocycles. The second-order valence-corrected chi connectivity index (χ2v) is 9.61. The molecule has 3 aromatic rings. The normalized spacial score (nSPS) is 18.9. The molecule has 0 saturated carbocycles. The summed E-state index contributed by atoms with van der Waals surface area (Å²) in [6.07, 6.45) is 1.85. The Morgan fingerprint density at radius 2 is 1.87 bits per heavy atom. The van der Waals surface area contributed by atoms with Gasteiger partial charge >= 0.3 is 0 Å². The Balaban J connectivity index is 1.83. The van der Waals surface area contributed by atoms with Crippen molar-refractivity contribution in [2.24, 2.45) is 5.92 Å². The predicted octanol–water partition coefficient (Wildman–Crippen LogP) is 5.88. The van der Waals surface area contributed by atoms with Crippen LogP contribution in [-0.4, -0.2) is 26.1 Å². The summed E-state index contributed by atoms with van der Waals surface area (Å²) < 4.78 is 3.41. The largest absolute Gasteiger partial charge is 0.352 e. The number of rotatable bonds is 5. The van der Waals surface area contributed by atoms with Crippen LogP contribution in [0.3, 0.4) is 0 Å². The maximum absolute atomic E-state index is 5.78. The maximum atomic E-state index is 5.78. The standard InChI is InChI=1S/C24H27BrN4S/c1-15(2)14-28-23(22(27-24(28)30)21-7-5-6-12-26-21)20-13-16(3)29(17(20)4)19-10-8-18(25)9-11-19/h5-13,15,22-23H,14H2,1-4H3,(H,27,30). The van der Waals surface area contributed by atoms with Gasteiger partial charge in [-0.05, 0) is 80.0 Å². The van der Waals surface area contributed by atoms with Crippen molar-refractivity contribution in [2.75, 3.05) is 6.54 Å². The molecule has 2 unspecified atom stereocenters. The van der Waals surface area contributed by atoms with Crippen LogP contribution in [-0.2, 0) is 0 Å². The summed E-state index contributed by atoms with van der Waals surface area (Å²) in [7, 11) is 0. The third-order valence-corrected chi connectivity index (χ3v) is 6.51. The molecule has 1 aliphatic rings. The van der Waals surface area contributed by atoms with Crippen LogP contribution in [0.4, 0.5) is 0 Å². The van der Waals surface area contributed by atoms with Gasteiger partial charge in [-0.25, -0.2) is 0 Å². The predicted molar refractivity (Wildman–Crippen MR) is 130 cm³/mol. The molecule has 0 aliphatic carbocycles. The van der Waals surface area contributed by atoms with Crippen molar-refractivity contribution < 1.29 is 0 Å². The van der Waals surface area contributed by atoms with E-state index in [-0.39, 0.29) is 12.1 Å². The minimum atomic E-state index is 0.0244. The van der Waals surface area contributed by atoms with Crippen molar-refractivity contribution in [1.29, 1.82) is 0 Å². The van der Waals surface area contributed by atoms with Crippen LogP contribution in [0.1, 0.15) is 48.6 Å². The summed E-state index contributed by atoms with van der Waals surface area (Å²) in [5, 5.41) is 4.36. The van der Waals surface area contributed by atoms with Gasteiger partial charge in [0.2, 0.25) is 0 Å². The van der Waals surface area contributed by atoms with Gasteiger partial charge in [-0.15, -0.1) is 0 Å². The van der Waals surface area contributed by atoms with Gasteiger partial charge in [0.15, 0.2) is 5.11 Å². The molecule has 4 rings (SSSR count). The third-order valence-electron chi connectivity index (χ3n) is 5.63. The fourth-order valence-electron chi connectivity index (χ4n) is 4.41. The zero-order chi connectivity index (χ0) is 21.4. The highest BCUT2D eigenvalue weighted by atomic mass is 79.9. The molecule has 3 heterocycles. The van der Waals surface area contributed by atoms with Crippen LogP contribution in [0.2, 0.25) is 0 Å². The average molecular weight is 483 g/mol. The minimum absolute atomic E-state index is 0.0244. The van der Waals surface area contributed by atoms with Crippen LogP contribution < -0.4 is 5.32 Å². The van der Waals surface area contributed by atoms with Crippen LogP contribution in [0.5, 0.6) is 0 Å². The van der Waals surface area contributed by atoms with Crippen molar-refractivity contribution in [3.8, 4) is 5.69 Å². The first kappa shape index (κ1) is 21.1. The van der Waals surface area contributed by atoms with Crippen molar-refractivity contribution in [3.63, 3.8) is 0 Å². The first-order valence-electron chi connectivity index (χ1n) is 10.3. The number of thiocarbonyl (C=S) groups is 1. The molecule has 6 heteroatoms. The average Bonchev–Trinajstić information content (AvgIpc) is 3.19. The number of aryl methyl sites for hydroxylation is 1. The number of nitrogens with zero attached hydrogens (tertiary/aromatic N) is 3. The van der Waals surface area contributed by atoms with Crippen molar-refractivity contribution in [1.82, 2.24) is 19.8 Å². The fourth-order valence-corrected chi connectivity index (χ4v) is 4.99. The van der Waals surface area contributed by atoms with Gasteiger partial charge in [0, 0.05) is 34.3 Å². The van der Waals surface area contributed by atoms with Gasteiger partial charge in [0.25, 0.3) is 0 Å².